The van der Waals surface area contributed by atoms with E-state index in [0.717, 1.165) is 24.2 Å². The Morgan fingerprint density at radius 3 is 2.74 bits per heavy atom. The number of imidazole rings is 1. The van der Waals surface area contributed by atoms with Gasteiger partial charge in [0.1, 0.15) is 11.8 Å². The van der Waals surface area contributed by atoms with Crippen LogP contribution in [0.5, 0.6) is 0 Å². The number of piperazine rings is 1. The van der Waals surface area contributed by atoms with Crippen LogP contribution in [0.25, 0.3) is 16.2 Å². The van der Waals surface area contributed by atoms with Crippen LogP contribution in [0, 0.1) is 0 Å². The molecule has 0 bridgehead atoms. The van der Waals surface area contributed by atoms with Gasteiger partial charge in [-0.2, -0.15) is 0 Å². The highest BCUT2D eigenvalue weighted by atomic mass is 32.2. The molecular weight excluding hydrogens is 488 g/mol. The second-order valence-electron chi connectivity index (χ2n) is 9.17. The molecule has 1 aliphatic carbocycles. The fourth-order valence-electron chi connectivity index (χ4n) is 4.19. The summed E-state index contributed by atoms with van der Waals surface area (Å²) in [6.45, 7) is 4.78. The molecule has 1 aromatic carbocycles. The number of halogens is 2. The van der Waals surface area contributed by atoms with Crippen LogP contribution in [0.3, 0.4) is 0 Å². The van der Waals surface area contributed by atoms with E-state index >= 15 is 0 Å². The monoisotopic (exact) mass is 513 g/mol. The minimum Gasteiger partial charge on any atom is -0.395 e. The Labute approximate surface area is 199 Å². The highest BCUT2D eigenvalue weighted by molar-refractivity contribution is 7.89. The largest absolute Gasteiger partial charge is 0.395 e. The Morgan fingerprint density at radius 1 is 1.32 bits per heavy atom. The Balaban J connectivity index is 1.66. The van der Waals surface area contributed by atoms with Gasteiger partial charge < -0.3 is 15.3 Å². The predicted molar refractivity (Wildman–Crippen MR) is 123 cm³/mol. The first-order valence-electron chi connectivity index (χ1n) is 10.9. The second-order valence-corrected chi connectivity index (χ2v) is 11.8. The van der Waals surface area contributed by atoms with E-state index in [-0.39, 0.29) is 28.7 Å². The second kappa shape index (κ2) is 8.45. The van der Waals surface area contributed by atoms with Gasteiger partial charge in [0.25, 0.3) is 6.43 Å². The van der Waals surface area contributed by atoms with Crippen LogP contribution in [0.1, 0.15) is 38.1 Å². The Morgan fingerprint density at radius 2 is 2.09 bits per heavy atom. The van der Waals surface area contributed by atoms with Crippen molar-refractivity contribution in [3.05, 3.63) is 23.5 Å². The first-order chi connectivity index (χ1) is 16.1. The summed E-state index contributed by atoms with van der Waals surface area (Å²) in [5.41, 5.74) is 1.05. The molecule has 1 saturated carbocycles. The summed E-state index contributed by atoms with van der Waals surface area (Å²) in [6, 6.07) is 2.92. The number of aliphatic hydroxyl groups is 1. The van der Waals surface area contributed by atoms with E-state index < -0.39 is 27.0 Å². The van der Waals surface area contributed by atoms with Crippen LogP contribution in [-0.2, 0) is 10.0 Å². The van der Waals surface area contributed by atoms with Gasteiger partial charge in [0.05, 0.1) is 22.7 Å². The molecule has 5 rings (SSSR count). The third-order valence-electron chi connectivity index (χ3n) is 6.14. The van der Waals surface area contributed by atoms with Crippen molar-refractivity contribution >= 4 is 38.1 Å². The zero-order chi connectivity index (χ0) is 24.3. The fraction of sp³-hybridized carbons (Fsp3) is 0.550. The van der Waals surface area contributed by atoms with Crippen molar-refractivity contribution in [2.24, 2.45) is 0 Å². The molecule has 3 aromatic rings. The topological polar surface area (TPSA) is 125 Å². The van der Waals surface area contributed by atoms with Crippen molar-refractivity contribution in [3.8, 4) is 5.13 Å². The van der Waals surface area contributed by atoms with Gasteiger partial charge in [-0.25, -0.2) is 26.9 Å². The smallest absolute Gasteiger partial charge is 0.291 e. The minimum atomic E-state index is -3.86. The van der Waals surface area contributed by atoms with Gasteiger partial charge in [-0.05, 0) is 38.8 Å². The molecule has 10 nitrogen and oxygen atoms in total. The molecule has 1 saturated heterocycles. The number of benzene rings is 1. The van der Waals surface area contributed by atoms with E-state index in [2.05, 4.69) is 25.2 Å². The summed E-state index contributed by atoms with van der Waals surface area (Å²) in [5.74, 6) is 0. The molecular formula is C20H25F2N7O3S2. The van der Waals surface area contributed by atoms with Crippen LogP contribution in [-0.4, -0.2) is 70.6 Å². The molecule has 3 heterocycles. The van der Waals surface area contributed by atoms with E-state index in [0.29, 0.717) is 29.8 Å². The fourth-order valence-corrected chi connectivity index (χ4v) is 6.38. The number of rotatable bonds is 7. The van der Waals surface area contributed by atoms with E-state index in [1.807, 2.05) is 18.7 Å². The van der Waals surface area contributed by atoms with Crippen molar-refractivity contribution in [2.45, 2.75) is 55.6 Å². The van der Waals surface area contributed by atoms with Crippen molar-refractivity contribution < 1.29 is 22.3 Å². The predicted octanol–water partition coefficient (Wildman–Crippen LogP) is 1.80. The van der Waals surface area contributed by atoms with E-state index in [1.54, 1.807) is 6.07 Å². The number of fused-ring (bicyclic) bond motifs is 1. The average Bonchev–Trinajstić information content (AvgIpc) is 3.18. The van der Waals surface area contributed by atoms with Crippen LogP contribution in [0.15, 0.2) is 23.4 Å². The van der Waals surface area contributed by atoms with Crippen molar-refractivity contribution in [3.63, 3.8) is 0 Å². The highest BCUT2D eigenvalue weighted by Crippen LogP contribution is 2.38. The molecule has 2 aromatic heterocycles. The first-order valence-corrected chi connectivity index (χ1v) is 13.2. The minimum absolute atomic E-state index is 0.0450. The van der Waals surface area contributed by atoms with Gasteiger partial charge in [0.2, 0.25) is 15.2 Å². The van der Waals surface area contributed by atoms with E-state index in [1.165, 1.54) is 17.0 Å². The van der Waals surface area contributed by atoms with Gasteiger partial charge >= 0.3 is 0 Å². The van der Waals surface area contributed by atoms with Crippen LogP contribution >= 0.6 is 11.3 Å². The van der Waals surface area contributed by atoms with Crippen LogP contribution in [0.4, 0.5) is 14.5 Å². The van der Waals surface area contributed by atoms with Gasteiger partial charge in [0, 0.05) is 30.7 Å². The third-order valence-corrected chi connectivity index (χ3v) is 8.68. The lowest BCUT2D eigenvalue weighted by Gasteiger charge is -2.38. The van der Waals surface area contributed by atoms with Crippen molar-refractivity contribution in [2.75, 3.05) is 24.6 Å². The SMILES string of the molecule is C[C@@H]1CN(c2cc(S(=O)(=O)NC3(C)CC3)cc3c2ncn3-c2nnc(C(F)F)s2)C[C@H](CO)N1. The summed E-state index contributed by atoms with van der Waals surface area (Å²) in [6.07, 6.45) is 0.196. The number of aromatic nitrogens is 4. The molecule has 34 heavy (non-hydrogen) atoms. The molecule has 2 fully saturated rings. The molecule has 2 atom stereocenters. The Kier molecular flexibility index (Phi) is 5.83. The van der Waals surface area contributed by atoms with Crippen LogP contribution < -0.4 is 14.9 Å². The lowest BCUT2D eigenvalue weighted by atomic mass is 10.1. The Bertz CT molecular complexity index is 1320. The molecule has 2 aliphatic rings. The number of nitrogens with one attached hydrogen (secondary N) is 2. The lowest BCUT2D eigenvalue weighted by molar-refractivity contribution is 0.150. The summed E-state index contributed by atoms with van der Waals surface area (Å²) >= 11 is 0.722. The maximum absolute atomic E-state index is 13.3. The third kappa shape index (κ3) is 4.40. The number of alkyl halides is 2. The summed E-state index contributed by atoms with van der Waals surface area (Å²) < 4.78 is 57.0. The summed E-state index contributed by atoms with van der Waals surface area (Å²) in [4.78, 5) is 6.53. The maximum atomic E-state index is 13.3. The first kappa shape index (κ1) is 23.5. The van der Waals surface area contributed by atoms with Gasteiger partial charge in [-0.3, -0.25) is 4.57 Å². The number of anilines is 1. The normalized spacial score (nSPS) is 22.6. The van der Waals surface area contributed by atoms with E-state index in [4.69, 9.17) is 0 Å². The number of aliphatic hydroxyl groups excluding tert-OH is 1. The highest BCUT2D eigenvalue weighted by Gasteiger charge is 2.41. The van der Waals surface area contributed by atoms with Crippen molar-refractivity contribution in [1.82, 2.24) is 29.8 Å². The molecule has 184 valence electrons. The number of hydrogen-bond donors (Lipinski definition) is 3. The molecule has 0 radical (unpaired) electrons. The zero-order valence-electron chi connectivity index (χ0n) is 18.6. The molecule has 3 N–H and O–H groups in total. The average molecular weight is 514 g/mol. The zero-order valence-corrected chi connectivity index (χ0v) is 20.2. The summed E-state index contributed by atoms with van der Waals surface area (Å²) in [7, 11) is -3.86. The molecule has 0 amide bonds. The number of hydrogen-bond acceptors (Lipinski definition) is 9. The quantitative estimate of drug-likeness (QED) is 0.437. The molecule has 0 spiro atoms. The van der Waals surface area contributed by atoms with Crippen LogP contribution in [0.2, 0.25) is 0 Å². The molecule has 14 heteroatoms. The van der Waals surface area contributed by atoms with Crippen molar-refractivity contribution in [1.29, 1.82) is 0 Å². The number of nitrogens with zero attached hydrogens (tertiary/aromatic N) is 5. The standard InChI is InChI=1S/C20H25F2N7O3S2/c1-11-7-28(8-12(9-30)24-11)14-5-13(34(31,32)27-20(2)3-4-20)6-15-16(14)23-10-29(15)19-26-25-18(33-19)17(21)22/h5-6,10-12,17,24,27,30H,3-4,7-9H2,1-2H3/t11-,12-/m1/s1. The molecule has 0 unspecified atom stereocenters. The number of sulfonamides is 1. The van der Waals surface area contributed by atoms with Gasteiger partial charge in [-0.15, -0.1) is 10.2 Å². The lowest BCUT2D eigenvalue weighted by Crippen LogP contribution is -2.57. The Hall–Kier alpha value is -2.26. The maximum Gasteiger partial charge on any atom is 0.291 e. The molecule has 1 aliphatic heterocycles. The van der Waals surface area contributed by atoms with Gasteiger partial charge in [0.15, 0.2) is 5.01 Å². The summed E-state index contributed by atoms with van der Waals surface area (Å²) in [5, 5.41) is 20.2. The van der Waals surface area contributed by atoms with Gasteiger partial charge in [-0.1, -0.05) is 11.3 Å². The van der Waals surface area contributed by atoms with E-state index in [9.17, 15) is 22.3 Å².